The summed E-state index contributed by atoms with van der Waals surface area (Å²) >= 11 is 0. The third kappa shape index (κ3) is 3.30. The van der Waals surface area contributed by atoms with Gasteiger partial charge < -0.3 is 15.0 Å². The Bertz CT molecular complexity index is 205. The topological polar surface area (TPSA) is 74.6 Å². The van der Waals surface area contributed by atoms with E-state index in [9.17, 15) is 9.59 Å². The van der Waals surface area contributed by atoms with Gasteiger partial charge in [-0.1, -0.05) is 0 Å². The molecule has 0 saturated carbocycles. The van der Waals surface area contributed by atoms with Crippen LogP contribution in [0.15, 0.2) is 11.1 Å². The van der Waals surface area contributed by atoms with Gasteiger partial charge in [0.2, 0.25) is 0 Å². The molecule has 0 spiro atoms. The van der Waals surface area contributed by atoms with Crippen molar-refractivity contribution < 1.29 is 19.8 Å². The van der Waals surface area contributed by atoms with Crippen LogP contribution < -0.4 is 0 Å². The SMILES string of the molecule is C/C(CO)=C(\CCC=O)C(=O)O. The number of aliphatic hydroxyl groups is 1. The molecule has 0 saturated heterocycles. The molecule has 0 aliphatic heterocycles. The zero-order valence-corrected chi connectivity index (χ0v) is 6.91. The first-order valence-electron chi connectivity index (χ1n) is 3.60. The van der Waals surface area contributed by atoms with Crippen LogP contribution in [0.2, 0.25) is 0 Å². The van der Waals surface area contributed by atoms with Gasteiger partial charge in [0.15, 0.2) is 0 Å². The fraction of sp³-hybridized carbons (Fsp3) is 0.500. The predicted octanol–water partition coefficient (Wildman–Crippen LogP) is 0.359. The molecule has 0 aromatic rings. The van der Waals surface area contributed by atoms with Crippen molar-refractivity contribution in [1.29, 1.82) is 0 Å². The highest BCUT2D eigenvalue weighted by Gasteiger charge is 2.09. The second kappa shape index (κ2) is 5.49. The third-order valence-corrected chi connectivity index (χ3v) is 1.52. The van der Waals surface area contributed by atoms with Crippen LogP contribution in [0.3, 0.4) is 0 Å². The van der Waals surface area contributed by atoms with Gasteiger partial charge in [-0.2, -0.15) is 0 Å². The maximum Gasteiger partial charge on any atom is 0.331 e. The number of aldehydes is 1. The zero-order valence-electron chi connectivity index (χ0n) is 6.91. The molecule has 0 aliphatic carbocycles. The lowest BCUT2D eigenvalue weighted by Crippen LogP contribution is -2.05. The molecule has 0 aromatic heterocycles. The van der Waals surface area contributed by atoms with Crippen molar-refractivity contribution in [3.05, 3.63) is 11.1 Å². The van der Waals surface area contributed by atoms with Gasteiger partial charge in [0.1, 0.15) is 6.29 Å². The first kappa shape index (κ1) is 10.8. The van der Waals surface area contributed by atoms with E-state index in [4.69, 9.17) is 10.2 Å². The van der Waals surface area contributed by atoms with Crippen LogP contribution in [0, 0.1) is 0 Å². The van der Waals surface area contributed by atoms with Gasteiger partial charge in [-0.3, -0.25) is 0 Å². The lowest BCUT2D eigenvalue weighted by molar-refractivity contribution is -0.132. The summed E-state index contributed by atoms with van der Waals surface area (Å²) < 4.78 is 0. The number of carboxylic acid groups (broad SMARTS) is 1. The summed E-state index contributed by atoms with van der Waals surface area (Å²) in [6.07, 6.45) is 1.03. The molecule has 0 atom stereocenters. The van der Waals surface area contributed by atoms with E-state index in [0.29, 0.717) is 11.9 Å². The summed E-state index contributed by atoms with van der Waals surface area (Å²) in [6, 6.07) is 0. The Morgan fingerprint density at radius 3 is 2.42 bits per heavy atom. The molecule has 0 rings (SSSR count). The van der Waals surface area contributed by atoms with Gasteiger partial charge in [-0.05, 0) is 18.9 Å². The van der Waals surface area contributed by atoms with Crippen LogP contribution in [0.4, 0.5) is 0 Å². The Balaban J connectivity index is 4.42. The molecule has 0 radical (unpaired) electrons. The number of hydrogen-bond donors (Lipinski definition) is 2. The quantitative estimate of drug-likeness (QED) is 0.463. The minimum absolute atomic E-state index is 0.129. The van der Waals surface area contributed by atoms with Crippen molar-refractivity contribution in [2.45, 2.75) is 19.8 Å². The number of carboxylic acids is 1. The fourth-order valence-corrected chi connectivity index (χ4v) is 0.802. The molecule has 68 valence electrons. The number of rotatable bonds is 5. The fourth-order valence-electron chi connectivity index (χ4n) is 0.802. The Kier molecular flexibility index (Phi) is 4.96. The number of aliphatic hydroxyl groups excluding tert-OH is 1. The second-order valence-electron chi connectivity index (χ2n) is 2.43. The summed E-state index contributed by atoms with van der Waals surface area (Å²) in [5, 5.41) is 17.3. The average molecular weight is 172 g/mol. The van der Waals surface area contributed by atoms with Crippen molar-refractivity contribution in [3.63, 3.8) is 0 Å². The van der Waals surface area contributed by atoms with Crippen LogP contribution in [0.1, 0.15) is 19.8 Å². The highest BCUT2D eigenvalue weighted by molar-refractivity contribution is 5.87. The van der Waals surface area contributed by atoms with Crippen molar-refractivity contribution >= 4 is 12.3 Å². The van der Waals surface area contributed by atoms with Crippen LogP contribution >= 0.6 is 0 Å². The first-order chi connectivity index (χ1) is 5.63. The number of carbonyl (C=O) groups excluding carboxylic acids is 1. The van der Waals surface area contributed by atoms with E-state index >= 15 is 0 Å². The lowest BCUT2D eigenvalue weighted by Gasteiger charge is -2.02. The molecule has 0 heterocycles. The first-order valence-corrected chi connectivity index (χ1v) is 3.60. The van der Waals surface area contributed by atoms with Crippen molar-refractivity contribution in [2.75, 3.05) is 6.61 Å². The van der Waals surface area contributed by atoms with Gasteiger partial charge >= 0.3 is 5.97 Å². The van der Waals surface area contributed by atoms with E-state index < -0.39 is 5.97 Å². The molecule has 0 fully saturated rings. The van der Waals surface area contributed by atoms with Crippen molar-refractivity contribution in [3.8, 4) is 0 Å². The second-order valence-corrected chi connectivity index (χ2v) is 2.43. The summed E-state index contributed by atoms with van der Waals surface area (Å²) in [5.74, 6) is -1.07. The molecule has 0 amide bonds. The molecule has 0 bridgehead atoms. The minimum atomic E-state index is -1.07. The molecular formula is C8H12O4. The molecular weight excluding hydrogens is 160 g/mol. The van der Waals surface area contributed by atoms with Gasteiger partial charge in [-0.15, -0.1) is 0 Å². The molecule has 4 nitrogen and oxygen atoms in total. The Morgan fingerprint density at radius 1 is 1.50 bits per heavy atom. The van der Waals surface area contributed by atoms with Crippen molar-refractivity contribution in [2.24, 2.45) is 0 Å². The Labute approximate surface area is 70.5 Å². The van der Waals surface area contributed by atoms with Crippen LogP contribution in [-0.2, 0) is 9.59 Å². The Morgan fingerprint density at radius 2 is 2.08 bits per heavy atom. The monoisotopic (exact) mass is 172 g/mol. The number of carbonyl (C=O) groups is 2. The van der Waals surface area contributed by atoms with E-state index in [1.807, 2.05) is 0 Å². The van der Waals surface area contributed by atoms with E-state index in [2.05, 4.69) is 0 Å². The van der Waals surface area contributed by atoms with Gasteiger partial charge in [0.05, 0.1) is 6.61 Å². The smallest absolute Gasteiger partial charge is 0.331 e. The highest BCUT2D eigenvalue weighted by atomic mass is 16.4. The van der Waals surface area contributed by atoms with Gasteiger partial charge in [-0.25, -0.2) is 4.79 Å². The number of hydrogen-bond acceptors (Lipinski definition) is 3. The molecule has 0 unspecified atom stereocenters. The van der Waals surface area contributed by atoms with E-state index in [1.54, 1.807) is 0 Å². The average Bonchev–Trinajstić information content (AvgIpc) is 2.04. The van der Waals surface area contributed by atoms with Crippen molar-refractivity contribution in [1.82, 2.24) is 0 Å². The molecule has 4 heteroatoms. The summed E-state index contributed by atoms with van der Waals surface area (Å²) in [6.45, 7) is 1.26. The maximum atomic E-state index is 10.5. The van der Waals surface area contributed by atoms with Crippen LogP contribution in [0.5, 0.6) is 0 Å². The molecule has 12 heavy (non-hydrogen) atoms. The van der Waals surface area contributed by atoms with Gasteiger partial charge in [0.25, 0.3) is 0 Å². The molecule has 2 N–H and O–H groups in total. The third-order valence-electron chi connectivity index (χ3n) is 1.52. The Hall–Kier alpha value is -1.16. The maximum absolute atomic E-state index is 10.5. The predicted molar refractivity (Wildman–Crippen MR) is 42.7 cm³/mol. The lowest BCUT2D eigenvalue weighted by atomic mass is 10.1. The summed E-state index contributed by atoms with van der Waals surface area (Å²) in [4.78, 5) is 20.5. The summed E-state index contributed by atoms with van der Waals surface area (Å²) in [7, 11) is 0. The minimum Gasteiger partial charge on any atom is -0.478 e. The molecule has 0 aliphatic rings. The molecule has 0 aromatic carbocycles. The standard InChI is InChI=1S/C8H12O4/c1-6(5-10)7(8(11)12)3-2-4-9/h4,10H,2-3,5H2,1H3,(H,11,12)/b7-6-. The van der Waals surface area contributed by atoms with E-state index in [1.165, 1.54) is 6.92 Å². The van der Waals surface area contributed by atoms with Gasteiger partial charge in [0, 0.05) is 12.0 Å². The van der Waals surface area contributed by atoms with Crippen LogP contribution in [-0.4, -0.2) is 29.1 Å². The van der Waals surface area contributed by atoms with E-state index in [0.717, 1.165) is 0 Å². The normalized spacial score (nSPS) is 12.2. The van der Waals surface area contributed by atoms with Crippen LogP contribution in [0.25, 0.3) is 0 Å². The zero-order chi connectivity index (χ0) is 9.56. The summed E-state index contributed by atoms with van der Waals surface area (Å²) in [5.41, 5.74) is 0.536. The van der Waals surface area contributed by atoms with E-state index in [-0.39, 0.29) is 25.0 Å². The largest absolute Gasteiger partial charge is 0.478 e. The number of aliphatic carboxylic acids is 1. The highest BCUT2D eigenvalue weighted by Crippen LogP contribution is 2.09.